The van der Waals surface area contributed by atoms with E-state index in [1.807, 2.05) is 0 Å². The van der Waals surface area contributed by atoms with E-state index in [1.54, 1.807) is 5.56 Å². The van der Waals surface area contributed by atoms with E-state index in [4.69, 9.17) is 0 Å². The molecule has 0 nitrogen and oxygen atoms in total. The van der Waals surface area contributed by atoms with Crippen LogP contribution in [0.1, 0.15) is 14.8 Å². The molecule has 18 heavy (non-hydrogen) atoms. The molecule has 1 atom stereocenters. The summed E-state index contributed by atoms with van der Waals surface area (Å²) >= 11 is -1.46. The van der Waals surface area contributed by atoms with Crippen molar-refractivity contribution in [1.29, 1.82) is 0 Å². The van der Waals surface area contributed by atoms with Crippen molar-refractivity contribution >= 4 is 11.5 Å². The standard InChI is InChI=1S/C9H7.C5H5.C2H6Si.Zr/c1-2-5-9-7-3-6-8(9)4-1;1-2-4-5-3-1;1-3-2;/h1-7H;1-5H;1-2H3;. The molecule has 90 valence electrons. The van der Waals surface area contributed by atoms with Crippen LogP contribution in [0.25, 0.3) is 6.08 Å². The summed E-state index contributed by atoms with van der Waals surface area (Å²) in [5.41, 5.74) is 2.95. The summed E-state index contributed by atoms with van der Waals surface area (Å²) in [6, 6.07) is 8.99. The molecule has 0 saturated heterocycles. The first kappa shape index (κ1) is 12.6. The van der Waals surface area contributed by atoms with Gasteiger partial charge in [-0.05, 0) is 0 Å². The normalized spacial score (nSPS) is 20.4. The Morgan fingerprint density at radius 1 is 1.00 bits per heavy atom. The van der Waals surface area contributed by atoms with Gasteiger partial charge in [0.15, 0.2) is 0 Å². The van der Waals surface area contributed by atoms with Crippen molar-refractivity contribution in [3.8, 4) is 0 Å². The molecule has 1 aromatic rings. The number of allylic oxidation sites excluding steroid dienone is 5. The van der Waals surface area contributed by atoms with Crippen LogP contribution in [-0.4, -0.2) is 5.43 Å². The Balaban J connectivity index is 2.05. The Morgan fingerprint density at radius 2 is 1.72 bits per heavy atom. The van der Waals surface area contributed by atoms with E-state index in [2.05, 4.69) is 73.8 Å². The Kier molecular flexibility index (Phi) is 3.68. The second-order valence-corrected chi connectivity index (χ2v) is 23.4. The molecule has 0 bridgehead atoms. The third kappa shape index (κ3) is 2.21. The third-order valence-electron chi connectivity index (χ3n) is 3.82. The number of fused-ring (bicyclic) bond motifs is 1. The van der Waals surface area contributed by atoms with E-state index in [0.29, 0.717) is 0 Å². The van der Waals surface area contributed by atoms with E-state index in [0.717, 1.165) is 7.25 Å². The van der Waals surface area contributed by atoms with Crippen LogP contribution >= 0.6 is 0 Å². The molecule has 0 N–H and O–H groups in total. The maximum absolute atomic E-state index is 2.54. The van der Waals surface area contributed by atoms with E-state index in [1.165, 1.54) is 5.56 Å². The van der Waals surface area contributed by atoms with E-state index in [-0.39, 0.29) is 5.43 Å². The van der Waals surface area contributed by atoms with Crippen molar-refractivity contribution in [3.05, 3.63) is 65.8 Å². The first-order valence-electron chi connectivity index (χ1n) is 6.57. The fourth-order valence-electron chi connectivity index (χ4n) is 3.01. The van der Waals surface area contributed by atoms with Crippen LogP contribution in [0.3, 0.4) is 0 Å². The van der Waals surface area contributed by atoms with Gasteiger partial charge in [-0.25, -0.2) is 0 Å². The monoisotopic (exact) mass is 328 g/mol. The summed E-state index contributed by atoms with van der Waals surface area (Å²) in [6.07, 6.45) is 14.3. The van der Waals surface area contributed by atoms with Gasteiger partial charge in [-0.15, -0.1) is 0 Å². The van der Waals surface area contributed by atoms with Crippen molar-refractivity contribution in [2.45, 2.75) is 20.3 Å². The van der Waals surface area contributed by atoms with Gasteiger partial charge in [0.05, 0.1) is 0 Å². The Bertz CT molecular complexity index is 577. The molecule has 0 saturated carbocycles. The Labute approximate surface area is 117 Å². The molecular formula is C16H18SiZr. The molecule has 0 heterocycles. The molecule has 2 heteroatoms. The fourth-order valence-corrected chi connectivity index (χ4v) is 21.2. The quantitative estimate of drug-likeness (QED) is 0.699. The van der Waals surface area contributed by atoms with Gasteiger partial charge < -0.3 is 0 Å². The molecule has 0 aliphatic heterocycles. The molecule has 2 aliphatic rings. The zero-order chi connectivity index (χ0) is 12.5. The topological polar surface area (TPSA) is 0 Å². The molecule has 1 aromatic carbocycles. The molecule has 0 fully saturated rings. The number of benzene rings is 1. The second-order valence-electron chi connectivity index (χ2n) is 5.22. The Morgan fingerprint density at radius 3 is 2.44 bits per heavy atom. The van der Waals surface area contributed by atoms with Crippen molar-refractivity contribution in [1.82, 2.24) is 0 Å². The van der Waals surface area contributed by atoms with Crippen LogP contribution in [0.2, 0.25) is 16.7 Å². The van der Waals surface area contributed by atoms with Crippen LogP contribution < -0.4 is 0 Å². The van der Waals surface area contributed by atoms with Gasteiger partial charge >= 0.3 is 118 Å². The van der Waals surface area contributed by atoms with Gasteiger partial charge in [0, 0.05) is 0 Å². The molecule has 1 unspecified atom stereocenters. The molecular weight excluding hydrogens is 311 g/mol. The molecule has 3 rings (SSSR count). The molecule has 0 amide bonds. The molecule has 0 spiro atoms. The zero-order valence-corrected chi connectivity index (χ0v) is 14.4. The number of hydrogen-bond donors (Lipinski definition) is 0. The summed E-state index contributed by atoms with van der Waals surface area (Å²) < 4.78 is 1.64. The summed E-state index contributed by atoms with van der Waals surface area (Å²) in [6.45, 7) is 5.07. The third-order valence-corrected chi connectivity index (χ3v) is 22.9. The van der Waals surface area contributed by atoms with E-state index >= 15 is 0 Å². The van der Waals surface area contributed by atoms with Crippen LogP contribution in [0.15, 0.2) is 54.6 Å². The average molecular weight is 330 g/mol. The van der Waals surface area contributed by atoms with Crippen molar-refractivity contribution < 1.29 is 20.4 Å². The second kappa shape index (κ2) is 5.27. The molecule has 0 aromatic heterocycles. The van der Waals surface area contributed by atoms with E-state index in [9.17, 15) is 0 Å². The predicted octanol–water partition coefficient (Wildman–Crippen LogP) is 4.54. The summed E-state index contributed by atoms with van der Waals surface area (Å²) in [5, 5.41) is 0. The number of rotatable bonds is 2. The van der Waals surface area contributed by atoms with Gasteiger partial charge in [0.2, 0.25) is 0 Å². The van der Waals surface area contributed by atoms with Crippen LogP contribution in [0.5, 0.6) is 0 Å². The van der Waals surface area contributed by atoms with Gasteiger partial charge in [-0.3, -0.25) is 0 Å². The average Bonchev–Trinajstić information content (AvgIpc) is 3.00. The summed E-state index contributed by atoms with van der Waals surface area (Å²) in [4.78, 5) is 0. The van der Waals surface area contributed by atoms with Crippen molar-refractivity contribution in [3.63, 3.8) is 0 Å². The number of hydrogen-bond acceptors (Lipinski definition) is 0. The fraction of sp³-hybridized carbons (Fsp3) is 0.250. The minimum absolute atomic E-state index is 0.138. The minimum atomic E-state index is -1.46. The van der Waals surface area contributed by atoms with Crippen LogP contribution in [0.4, 0.5) is 0 Å². The van der Waals surface area contributed by atoms with Gasteiger partial charge in [0.25, 0.3) is 0 Å². The van der Waals surface area contributed by atoms with E-state index < -0.39 is 20.4 Å². The SMILES string of the molecule is C[Si](C)=[Zr]([CH]1C=CC=C1)[CH]1C=Cc2ccccc21. The molecule has 0 radical (unpaired) electrons. The van der Waals surface area contributed by atoms with Gasteiger partial charge in [0.1, 0.15) is 0 Å². The van der Waals surface area contributed by atoms with Gasteiger partial charge in [-0.2, -0.15) is 0 Å². The van der Waals surface area contributed by atoms with Crippen LogP contribution in [0, 0.1) is 0 Å². The summed E-state index contributed by atoms with van der Waals surface area (Å²) in [5.74, 6) is 0. The first-order chi connectivity index (χ1) is 8.77. The zero-order valence-electron chi connectivity index (χ0n) is 10.9. The molecule has 2 aliphatic carbocycles. The van der Waals surface area contributed by atoms with Crippen molar-refractivity contribution in [2.24, 2.45) is 0 Å². The Hall–Kier alpha value is -0.460. The first-order valence-corrected chi connectivity index (χ1v) is 15.6. The maximum atomic E-state index is 2.54. The van der Waals surface area contributed by atoms with Crippen molar-refractivity contribution in [2.75, 3.05) is 0 Å². The van der Waals surface area contributed by atoms with Gasteiger partial charge in [-0.1, -0.05) is 0 Å². The van der Waals surface area contributed by atoms with Crippen LogP contribution in [-0.2, 0) is 20.4 Å². The predicted molar refractivity (Wildman–Crippen MR) is 77.7 cm³/mol. The summed E-state index contributed by atoms with van der Waals surface area (Å²) in [7, 11) is 0.